The Morgan fingerprint density at radius 3 is 2.44 bits per heavy atom. The molecule has 2 fully saturated rings. The van der Waals surface area contributed by atoms with Crippen LogP contribution in [0.3, 0.4) is 0 Å². The molecule has 174 valence electrons. The zero-order valence-electron chi connectivity index (χ0n) is 19.8. The van der Waals surface area contributed by atoms with E-state index in [-0.39, 0.29) is 5.91 Å². The molecular weight excluding hydrogens is 400 g/mol. The third-order valence-corrected chi connectivity index (χ3v) is 7.81. The third-order valence-electron chi connectivity index (χ3n) is 7.81. The third kappa shape index (κ3) is 4.70. The van der Waals surface area contributed by atoms with Crippen LogP contribution in [0.4, 0.5) is 0 Å². The van der Waals surface area contributed by atoms with Crippen molar-refractivity contribution >= 4 is 23.0 Å². The van der Waals surface area contributed by atoms with Crippen LogP contribution in [0, 0.1) is 11.8 Å². The molecule has 1 aliphatic carbocycles. The molecule has 1 aromatic heterocycles. The molecule has 1 saturated heterocycles. The molecule has 1 aliphatic heterocycles. The largest absolute Gasteiger partial charge is 0.411 e. The Morgan fingerprint density at radius 2 is 1.81 bits per heavy atom. The number of nitrogens with zero attached hydrogens (tertiary/aromatic N) is 3. The smallest absolute Gasteiger partial charge is 0.217 e. The van der Waals surface area contributed by atoms with E-state index in [4.69, 9.17) is 0 Å². The normalized spacial score (nSPS) is 23.4. The quantitative estimate of drug-likeness (QED) is 0.381. The maximum absolute atomic E-state index is 11.7. The topological polar surface area (TPSA) is 69.9 Å². The number of benzene rings is 1. The zero-order valence-corrected chi connectivity index (χ0v) is 19.8. The summed E-state index contributed by atoms with van der Waals surface area (Å²) in [5, 5.41) is 16.7. The van der Waals surface area contributed by atoms with Crippen molar-refractivity contribution in [3.05, 3.63) is 35.5 Å². The highest BCUT2D eigenvalue weighted by Crippen LogP contribution is 2.37. The van der Waals surface area contributed by atoms with Crippen LogP contribution in [-0.2, 0) is 11.3 Å². The van der Waals surface area contributed by atoms with Crippen LogP contribution >= 0.6 is 0 Å². The number of rotatable bonds is 6. The Labute approximate surface area is 191 Å². The predicted octanol–water partition coefficient (Wildman–Crippen LogP) is 4.94. The Hall–Kier alpha value is -2.34. The van der Waals surface area contributed by atoms with Gasteiger partial charge < -0.3 is 20.0 Å². The van der Waals surface area contributed by atoms with Crippen molar-refractivity contribution < 1.29 is 10.0 Å². The lowest BCUT2D eigenvalue weighted by atomic mass is 9.79. The van der Waals surface area contributed by atoms with Gasteiger partial charge in [-0.1, -0.05) is 37.2 Å². The molecule has 6 nitrogen and oxygen atoms in total. The molecule has 2 heterocycles. The summed E-state index contributed by atoms with van der Waals surface area (Å²) >= 11 is 0. The van der Waals surface area contributed by atoms with Crippen molar-refractivity contribution in [2.24, 2.45) is 17.0 Å². The number of piperidine rings is 1. The fraction of sp³-hybridized carbons (Fsp3) is 0.615. The molecule has 0 bridgehead atoms. The summed E-state index contributed by atoms with van der Waals surface area (Å²) < 4.78 is 2.40. The maximum atomic E-state index is 11.7. The van der Waals surface area contributed by atoms with E-state index in [9.17, 15) is 10.0 Å². The van der Waals surface area contributed by atoms with E-state index in [2.05, 4.69) is 52.0 Å². The lowest BCUT2D eigenvalue weighted by molar-refractivity contribution is -0.119. The fourth-order valence-corrected chi connectivity index (χ4v) is 5.99. The Morgan fingerprint density at radius 1 is 1.12 bits per heavy atom. The molecule has 0 atom stereocenters. The number of likely N-dealkylation sites (tertiary alicyclic amines) is 1. The van der Waals surface area contributed by atoms with Gasteiger partial charge in [0.2, 0.25) is 5.91 Å². The molecule has 1 aromatic carbocycles. The van der Waals surface area contributed by atoms with Crippen LogP contribution in [0.1, 0.15) is 76.6 Å². The van der Waals surface area contributed by atoms with Gasteiger partial charge in [-0.3, -0.25) is 4.79 Å². The van der Waals surface area contributed by atoms with E-state index < -0.39 is 0 Å². The number of para-hydroxylation sites is 1. The maximum Gasteiger partial charge on any atom is 0.217 e. The highest BCUT2D eigenvalue weighted by Gasteiger charge is 2.31. The molecule has 0 spiro atoms. The van der Waals surface area contributed by atoms with Gasteiger partial charge in [-0.05, 0) is 56.4 Å². The van der Waals surface area contributed by atoms with Gasteiger partial charge in [0.05, 0.1) is 12.8 Å². The first-order valence-electron chi connectivity index (χ1n) is 12.3. The summed E-state index contributed by atoms with van der Waals surface area (Å²) in [6.07, 6.45) is 9.13. The Kier molecular flexibility index (Phi) is 7.19. The molecule has 2 aromatic rings. The summed E-state index contributed by atoms with van der Waals surface area (Å²) in [5.74, 6) is 1.65. The van der Waals surface area contributed by atoms with Crippen molar-refractivity contribution in [2.45, 2.75) is 77.9 Å². The number of carbonyl (C=O) groups is 1. The summed E-state index contributed by atoms with van der Waals surface area (Å²) in [6, 6.07) is 9.41. The zero-order chi connectivity index (χ0) is 22.7. The van der Waals surface area contributed by atoms with Crippen LogP contribution in [0.5, 0.6) is 0 Å². The van der Waals surface area contributed by atoms with Crippen LogP contribution in [0.15, 0.2) is 29.4 Å². The van der Waals surface area contributed by atoms with Gasteiger partial charge in [0.15, 0.2) is 0 Å². The Balaban J connectivity index is 1.54. The van der Waals surface area contributed by atoms with Gasteiger partial charge in [-0.15, -0.1) is 0 Å². The van der Waals surface area contributed by atoms with Gasteiger partial charge in [0.1, 0.15) is 0 Å². The minimum Gasteiger partial charge on any atom is -0.411 e. The molecule has 1 saturated carbocycles. The SMILES string of the molecule is CC(=O)NCc1c(/C=N\O)c2ccccc2n1C1CCN(C2CCC(C(C)C)CC2)CC1. The van der Waals surface area contributed by atoms with E-state index in [1.165, 1.54) is 31.9 Å². The standard InChI is InChI=1S/C26H38N4O2/c1-18(2)20-8-10-21(11-9-20)29-14-12-22(13-15-29)30-25-7-5-4-6-23(25)24(16-28-32)26(30)17-27-19(3)31/h4-7,16,18,20-22,32H,8-15,17H2,1-3H3,(H,27,31)/b28-16-. The van der Waals surface area contributed by atoms with E-state index >= 15 is 0 Å². The number of aromatic nitrogens is 1. The van der Waals surface area contributed by atoms with Gasteiger partial charge in [-0.2, -0.15) is 0 Å². The second-order valence-electron chi connectivity index (χ2n) is 9.98. The molecule has 4 rings (SSSR count). The van der Waals surface area contributed by atoms with Gasteiger partial charge in [0, 0.05) is 54.3 Å². The lowest BCUT2D eigenvalue weighted by Crippen LogP contribution is -2.44. The summed E-state index contributed by atoms with van der Waals surface area (Å²) in [5.41, 5.74) is 3.07. The molecule has 32 heavy (non-hydrogen) atoms. The molecule has 1 amide bonds. The molecule has 2 N–H and O–H groups in total. The summed E-state index contributed by atoms with van der Waals surface area (Å²) in [7, 11) is 0. The van der Waals surface area contributed by atoms with Gasteiger partial charge >= 0.3 is 0 Å². The number of fused-ring (bicyclic) bond motifs is 1. The van der Waals surface area contributed by atoms with Gasteiger partial charge in [-0.25, -0.2) is 0 Å². The monoisotopic (exact) mass is 438 g/mol. The number of hydrogen-bond acceptors (Lipinski definition) is 4. The Bertz CT molecular complexity index is 948. The average molecular weight is 439 g/mol. The van der Waals surface area contributed by atoms with Crippen molar-refractivity contribution in [1.82, 2.24) is 14.8 Å². The fourth-order valence-electron chi connectivity index (χ4n) is 5.99. The van der Waals surface area contributed by atoms with Crippen molar-refractivity contribution in [2.75, 3.05) is 13.1 Å². The van der Waals surface area contributed by atoms with Gasteiger partial charge in [0.25, 0.3) is 0 Å². The lowest BCUT2D eigenvalue weighted by Gasteiger charge is -2.42. The second kappa shape index (κ2) is 10.1. The number of hydrogen-bond donors (Lipinski definition) is 2. The molecule has 0 radical (unpaired) electrons. The number of oxime groups is 1. The van der Waals surface area contributed by atoms with E-state index in [0.717, 1.165) is 66.0 Å². The van der Waals surface area contributed by atoms with Crippen LogP contribution < -0.4 is 5.32 Å². The molecule has 0 unspecified atom stereocenters. The van der Waals surface area contributed by atoms with Crippen LogP contribution in [0.2, 0.25) is 0 Å². The van der Waals surface area contributed by atoms with E-state index in [1.807, 2.05) is 6.07 Å². The van der Waals surface area contributed by atoms with E-state index in [0.29, 0.717) is 12.6 Å². The molecule has 6 heteroatoms. The number of nitrogens with one attached hydrogen (secondary N) is 1. The van der Waals surface area contributed by atoms with Crippen molar-refractivity contribution in [1.29, 1.82) is 0 Å². The highest BCUT2D eigenvalue weighted by molar-refractivity contribution is 6.01. The van der Waals surface area contributed by atoms with Crippen molar-refractivity contribution in [3.8, 4) is 0 Å². The minimum absolute atomic E-state index is 0.0551. The molecule has 2 aliphatic rings. The summed E-state index contributed by atoms with van der Waals surface area (Å²) in [6.45, 7) is 8.96. The van der Waals surface area contributed by atoms with E-state index in [1.54, 1.807) is 6.92 Å². The predicted molar refractivity (Wildman–Crippen MR) is 129 cm³/mol. The molecular formula is C26H38N4O2. The number of amides is 1. The first-order valence-corrected chi connectivity index (χ1v) is 12.3. The average Bonchev–Trinajstić information content (AvgIpc) is 3.11. The minimum atomic E-state index is -0.0551. The first-order chi connectivity index (χ1) is 15.5. The highest BCUT2D eigenvalue weighted by atomic mass is 16.4. The first kappa shape index (κ1) is 22.8. The van der Waals surface area contributed by atoms with Crippen molar-refractivity contribution in [3.63, 3.8) is 0 Å². The number of carbonyl (C=O) groups excluding carboxylic acids is 1. The second-order valence-corrected chi connectivity index (χ2v) is 9.98. The summed E-state index contributed by atoms with van der Waals surface area (Å²) in [4.78, 5) is 14.4. The van der Waals surface area contributed by atoms with Crippen LogP contribution in [-0.4, -0.2) is 45.9 Å². The van der Waals surface area contributed by atoms with Crippen LogP contribution in [0.25, 0.3) is 10.9 Å².